The molecule has 0 atom stereocenters. The molecule has 0 amide bonds. The molecule has 1 fully saturated rings. The predicted octanol–water partition coefficient (Wildman–Crippen LogP) is 3.38. The molecule has 0 bridgehead atoms. The Balaban J connectivity index is 1.95. The maximum Gasteiger partial charge on any atom is 0.126 e. The fraction of sp³-hybridized carbons (Fsp3) is 0.727. The number of hydrogen-bond donors (Lipinski definition) is 0. The van der Waals surface area contributed by atoms with Gasteiger partial charge in [-0.1, -0.05) is 19.3 Å². The van der Waals surface area contributed by atoms with E-state index in [2.05, 4.69) is 45.5 Å². The summed E-state index contributed by atoms with van der Waals surface area (Å²) in [7, 11) is 0. The van der Waals surface area contributed by atoms with Crippen molar-refractivity contribution in [3.63, 3.8) is 0 Å². The van der Waals surface area contributed by atoms with Gasteiger partial charge < -0.3 is 0 Å². The van der Waals surface area contributed by atoms with E-state index in [0.29, 0.717) is 0 Å². The quantitative estimate of drug-likeness (QED) is 0.766. The van der Waals surface area contributed by atoms with Gasteiger partial charge in [0, 0.05) is 18.3 Å². The molecule has 0 aliphatic heterocycles. The highest BCUT2D eigenvalue weighted by Crippen LogP contribution is 2.25. The van der Waals surface area contributed by atoms with Crippen LogP contribution in [0.4, 0.5) is 0 Å². The van der Waals surface area contributed by atoms with Gasteiger partial charge in [0.2, 0.25) is 0 Å². The van der Waals surface area contributed by atoms with Crippen LogP contribution < -0.4 is 0 Å². The number of nitrogens with zero attached hydrogens (tertiary/aromatic N) is 2. The van der Waals surface area contributed by atoms with Crippen LogP contribution in [0.5, 0.6) is 0 Å². The van der Waals surface area contributed by atoms with Gasteiger partial charge in [0.1, 0.15) is 3.70 Å². The van der Waals surface area contributed by atoms with Crippen molar-refractivity contribution < 1.29 is 0 Å². The predicted molar refractivity (Wildman–Crippen MR) is 66.3 cm³/mol. The molecule has 0 aromatic carbocycles. The van der Waals surface area contributed by atoms with Crippen molar-refractivity contribution in [2.24, 2.45) is 5.92 Å². The van der Waals surface area contributed by atoms with E-state index < -0.39 is 0 Å². The lowest BCUT2D eigenvalue weighted by molar-refractivity contribution is 0.307. The Labute approximate surface area is 99.2 Å². The summed E-state index contributed by atoms with van der Waals surface area (Å²) in [6, 6.07) is 0. The molecule has 2 nitrogen and oxygen atoms in total. The minimum Gasteiger partial charge on any atom is -0.271 e. The van der Waals surface area contributed by atoms with Crippen molar-refractivity contribution in [2.75, 3.05) is 0 Å². The smallest absolute Gasteiger partial charge is 0.126 e. The Morgan fingerprint density at radius 2 is 2.14 bits per heavy atom. The maximum atomic E-state index is 4.51. The summed E-state index contributed by atoms with van der Waals surface area (Å²) in [6.07, 6.45) is 9.25. The standard InChI is InChI=1S/C11H17IN2/c1-9-7-14(13-11(9)12)8-10-5-3-2-4-6-10/h7,10H,2-6,8H2,1H3. The van der Waals surface area contributed by atoms with Crippen molar-refractivity contribution in [1.82, 2.24) is 9.78 Å². The molecule has 1 aliphatic rings. The molecule has 78 valence electrons. The van der Waals surface area contributed by atoms with Gasteiger partial charge in [0.15, 0.2) is 0 Å². The monoisotopic (exact) mass is 304 g/mol. The van der Waals surface area contributed by atoms with Crippen LogP contribution in [0.3, 0.4) is 0 Å². The summed E-state index contributed by atoms with van der Waals surface area (Å²) in [6.45, 7) is 3.26. The molecule has 2 rings (SSSR count). The van der Waals surface area contributed by atoms with Crippen LogP contribution in [0.2, 0.25) is 0 Å². The van der Waals surface area contributed by atoms with E-state index in [9.17, 15) is 0 Å². The van der Waals surface area contributed by atoms with Crippen LogP contribution >= 0.6 is 22.6 Å². The SMILES string of the molecule is Cc1cn(CC2CCCCC2)nc1I. The second-order valence-electron chi connectivity index (χ2n) is 4.33. The Morgan fingerprint density at radius 1 is 1.43 bits per heavy atom. The first-order valence-electron chi connectivity index (χ1n) is 5.45. The molecule has 1 aromatic heterocycles. The number of aromatic nitrogens is 2. The second-order valence-corrected chi connectivity index (χ2v) is 5.35. The minimum atomic E-state index is 0.874. The van der Waals surface area contributed by atoms with Gasteiger partial charge in [-0.2, -0.15) is 5.10 Å². The lowest BCUT2D eigenvalue weighted by Gasteiger charge is -2.21. The van der Waals surface area contributed by atoms with Crippen LogP contribution in [-0.4, -0.2) is 9.78 Å². The summed E-state index contributed by atoms with van der Waals surface area (Å²) in [5.41, 5.74) is 1.31. The van der Waals surface area contributed by atoms with Crippen LogP contribution in [0, 0.1) is 16.5 Å². The first-order chi connectivity index (χ1) is 6.75. The molecule has 0 spiro atoms. The Kier molecular flexibility index (Phi) is 3.47. The lowest BCUT2D eigenvalue weighted by Crippen LogP contribution is -2.14. The summed E-state index contributed by atoms with van der Waals surface area (Å²) in [5.74, 6) is 0.874. The van der Waals surface area contributed by atoms with Gasteiger partial charge in [-0.05, 0) is 48.3 Å². The highest BCUT2D eigenvalue weighted by molar-refractivity contribution is 14.1. The van der Waals surface area contributed by atoms with E-state index in [1.807, 2.05) is 0 Å². The molecular weight excluding hydrogens is 287 g/mol. The van der Waals surface area contributed by atoms with Gasteiger partial charge in [0.25, 0.3) is 0 Å². The van der Waals surface area contributed by atoms with E-state index >= 15 is 0 Å². The van der Waals surface area contributed by atoms with Gasteiger partial charge in [-0.15, -0.1) is 0 Å². The molecule has 0 saturated heterocycles. The minimum absolute atomic E-state index is 0.874. The number of halogens is 1. The molecular formula is C11H17IN2. The van der Waals surface area contributed by atoms with Crippen molar-refractivity contribution in [3.05, 3.63) is 15.5 Å². The van der Waals surface area contributed by atoms with E-state index in [4.69, 9.17) is 0 Å². The number of hydrogen-bond acceptors (Lipinski definition) is 1. The number of aryl methyl sites for hydroxylation is 1. The highest BCUT2D eigenvalue weighted by Gasteiger charge is 2.14. The molecule has 3 heteroatoms. The fourth-order valence-corrected chi connectivity index (χ4v) is 2.64. The van der Waals surface area contributed by atoms with Crippen molar-refractivity contribution >= 4 is 22.6 Å². The highest BCUT2D eigenvalue weighted by atomic mass is 127. The molecule has 1 heterocycles. The van der Waals surface area contributed by atoms with Crippen molar-refractivity contribution in [3.8, 4) is 0 Å². The van der Waals surface area contributed by atoms with E-state index in [1.54, 1.807) is 0 Å². The van der Waals surface area contributed by atoms with Crippen LogP contribution in [0.25, 0.3) is 0 Å². The van der Waals surface area contributed by atoms with E-state index in [-0.39, 0.29) is 0 Å². The Morgan fingerprint density at radius 3 is 2.71 bits per heavy atom. The zero-order valence-electron chi connectivity index (χ0n) is 8.67. The molecule has 0 N–H and O–H groups in total. The van der Waals surface area contributed by atoms with Gasteiger partial charge >= 0.3 is 0 Å². The first-order valence-corrected chi connectivity index (χ1v) is 6.53. The summed E-state index contributed by atoms with van der Waals surface area (Å²) < 4.78 is 3.28. The normalized spacial score (nSPS) is 18.7. The molecule has 1 aliphatic carbocycles. The van der Waals surface area contributed by atoms with Crippen LogP contribution in [-0.2, 0) is 6.54 Å². The molecule has 1 saturated carbocycles. The molecule has 14 heavy (non-hydrogen) atoms. The van der Waals surface area contributed by atoms with Crippen molar-refractivity contribution in [2.45, 2.75) is 45.6 Å². The average molecular weight is 304 g/mol. The average Bonchev–Trinajstić information content (AvgIpc) is 2.47. The summed E-state index contributed by atoms with van der Waals surface area (Å²) in [5, 5.41) is 4.51. The van der Waals surface area contributed by atoms with Gasteiger partial charge in [0.05, 0.1) is 0 Å². The lowest BCUT2D eigenvalue weighted by atomic mass is 9.89. The molecule has 0 unspecified atom stereocenters. The summed E-state index contributed by atoms with van der Waals surface area (Å²) in [4.78, 5) is 0. The van der Waals surface area contributed by atoms with Gasteiger partial charge in [-0.25, -0.2) is 0 Å². The molecule has 1 aromatic rings. The fourth-order valence-electron chi connectivity index (χ4n) is 2.23. The largest absolute Gasteiger partial charge is 0.271 e. The van der Waals surface area contributed by atoms with Gasteiger partial charge in [-0.3, -0.25) is 4.68 Å². The topological polar surface area (TPSA) is 17.8 Å². The Hall–Kier alpha value is -0.0600. The summed E-state index contributed by atoms with van der Waals surface area (Å²) >= 11 is 2.31. The zero-order valence-corrected chi connectivity index (χ0v) is 10.8. The Bertz CT molecular complexity index is 281. The van der Waals surface area contributed by atoms with Crippen molar-refractivity contribution in [1.29, 1.82) is 0 Å². The first kappa shape index (κ1) is 10.5. The van der Waals surface area contributed by atoms with E-state index in [1.165, 1.54) is 37.7 Å². The third-order valence-corrected chi connectivity index (χ3v) is 4.12. The third kappa shape index (κ3) is 2.49. The van der Waals surface area contributed by atoms with Crippen LogP contribution in [0.15, 0.2) is 6.20 Å². The van der Waals surface area contributed by atoms with Crippen LogP contribution in [0.1, 0.15) is 37.7 Å². The maximum absolute atomic E-state index is 4.51. The molecule has 0 radical (unpaired) electrons. The third-order valence-electron chi connectivity index (χ3n) is 3.05. The number of rotatable bonds is 2. The second kappa shape index (κ2) is 4.64. The zero-order chi connectivity index (χ0) is 9.97. The van der Waals surface area contributed by atoms with E-state index in [0.717, 1.165) is 16.2 Å².